The van der Waals surface area contributed by atoms with Crippen LogP contribution in [-0.4, -0.2) is 46.7 Å². The van der Waals surface area contributed by atoms with E-state index in [9.17, 15) is 9.18 Å². The van der Waals surface area contributed by atoms with Gasteiger partial charge in [-0.15, -0.1) is 10.2 Å². The van der Waals surface area contributed by atoms with Crippen molar-refractivity contribution in [1.82, 2.24) is 20.1 Å². The molecule has 0 fully saturated rings. The van der Waals surface area contributed by atoms with Gasteiger partial charge in [0.1, 0.15) is 23.6 Å². The molecule has 1 amide bonds. The molecule has 0 saturated carbocycles. The van der Waals surface area contributed by atoms with Gasteiger partial charge in [-0.25, -0.2) is 4.39 Å². The van der Waals surface area contributed by atoms with Gasteiger partial charge in [0.2, 0.25) is 5.91 Å². The molecule has 7 nitrogen and oxygen atoms in total. The number of halogens is 1. The summed E-state index contributed by atoms with van der Waals surface area (Å²) in [4.78, 5) is 12.1. The molecule has 0 saturated heterocycles. The van der Waals surface area contributed by atoms with Crippen LogP contribution in [0.2, 0.25) is 0 Å². The molecule has 30 heavy (non-hydrogen) atoms. The van der Waals surface area contributed by atoms with Gasteiger partial charge in [-0.2, -0.15) is 0 Å². The van der Waals surface area contributed by atoms with Crippen LogP contribution >= 0.6 is 11.8 Å². The fraction of sp³-hybridized carbons (Fsp3) is 0.286. The van der Waals surface area contributed by atoms with Crippen LogP contribution in [0.1, 0.15) is 12.8 Å². The summed E-state index contributed by atoms with van der Waals surface area (Å²) < 4.78 is 25.3. The molecule has 0 spiro atoms. The fourth-order valence-corrected chi connectivity index (χ4v) is 3.36. The second-order valence-electron chi connectivity index (χ2n) is 6.33. The van der Waals surface area contributed by atoms with E-state index in [1.165, 1.54) is 23.9 Å². The van der Waals surface area contributed by atoms with E-state index in [0.29, 0.717) is 24.1 Å². The van der Waals surface area contributed by atoms with Gasteiger partial charge in [0.15, 0.2) is 5.16 Å². The monoisotopic (exact) mass is 430 g/mol. The lowest BCUT2D eigenvalue weighted by Gasteiger charge is -2.08. The zero-order chi connectivity index (χ0) is 21.2. The number of hydrogen-bond donors (Lipinski definition) is 1. The highest BCUT2D eigenvalue weighted by molar-refractivity contribution is 7.99. The van der Waals surface area contributed by atoms with E-state index in [4.69, 9.17) is 9.47 Å². The van der Waals surface area contributed by atoms with Gasteiger partial charge >= 0.3 is 0 Å². The number of methoxy groups -OCH3 is 1. The summed E-state index contributed by atoms with van der Waals surface area (Å²) in [5.74, 6) is 1.30. The van der Waals surface area contributed by atoms with Crippen LogP contribution in [0.5, 0.6) is 11.5 Å². The van der Waals surface area contributed by atoms with Crippen LogP contribution in [0.3, 0.4) is 0 Å². The number of benzene rings is 2. The van der Waals surface area contributed by atoms with Gasteiger partial charge in [-0.1, -0.05) is 11.8 Å². The number of nitrogens with one attached hydrogen (secondary N) is 1. The number of carbonyl (C=O) groups excluding carboxylic acids is 1. The second-order valence-corrected chi connectivity index (χ2v) is 7.27. The number of hydrogen-bond acceptors (Lipinski definition) is 6. The first-order valence-electron chi connectivity index (χ1n) is 9.48. The molecule has 2 aromatic carbocycles. The predicted molar refractivity (Wildman–Crippen MR) is 113 cm³/mol. The third kappa shape index (κ3) is 6.48. The van der Waals surface area contributed by atoms with Crippen molar-refractivity contribution >= 4 is 17.7 Å². The zero-order valence-corrected chi connectivity index (χ0v) is 17.4. The summed E-state index contributed by atoms with van der Waals surface area (Å²) in [6, 6.07) is 13.4. The van der Waals surface area contributed by atoms with Crippen molar-refractivity contribution in [2.24, 2.45) is 0 Å². The largest absolute Gasteiger partial charge is 0.497 e. The van der Waals surface area contributed by atoms with Crippen molar-refractivity contribution in [2.45, 2.75) is 18.0 Å². The van der Waals surface area contributed by atoms with Crippen molar-refractivity contribution in [1.29, 1.82) is 0 Å². The second kappa shape index (κ2) is 11.2. The number of ether oxygens (including phenoxy) is 2. The van der Waals surface area contributed by atoms with E-state index in [2.05, 4.69) is 15.5 Å². The highest BCUT2D eigenvalue weighted by Crippen LogP contribution is 2.21. The van der Waals surface area contributed by atoms with E-state index in [0.717, 1.165) is 24.3 Å². The molecular formula is C21H23FN4O3S. The molecule has 0 bridgehead atoms. The predicted octanol–water partition coefficient (Wildman–Crippen LogP) is 3.48. The Morgan fingerprint density at radius 1 is 1.10 bits per heavy atom. The quantitative estimate of drug-likeness (QED) is 0.371. The summed E-state index contributed by atoms with van der Waals surface area (Å²) in [6.07, 6.45) is 3.19. The van der Waals surface area contributed by atoms with Crippen LogP contribution in [0.15, 0.2) is 60.0 Å². The van der Waals surface area contributed by atoms with Crippen LogP contribution in [0.25, 0.3) is 5.69 Å². The van der Waals surface area contributed by atoms with Gasteiger partial charge in [-0.3, -0.25) is 9.36 Å². The number of rotatable bonds is 11. The maximum atomic E-state index is 12.8. The summed E-state index contributed by atoms with van der Waals surface area (Å²) in [6.45, 7) is 1.08. The number of aromatic nitrogens is 3. The van der Waals surface area contributed by atoms with Gasteiger partial charge in [-0.05, 0) is 61.4 Å². The highest BCUT2D eigenvalue weighted by Gasteiger charge is 2.10. The SMILES string of the molecule is COc1ccc(-n2cnnc2SCC(=O)NCCCCOc2ccc(F)cc2)cc1. The number of nitrogens with zero attached hydrogens (tertiary/aromatic N) is 3. The highest BCUT2D eigenvalue weighted by atomic mass is 32.2. The standard InChI is InChI=1S/C21H23FN4O3S/c1-28-18-10-6-17(7-11-18)26-15-24-25-21(26)30-14-20(27)23-12-2-3-13-29-19-8-4-16(22)5-9-19/h4-11,15H,2-3,12-14H2,1H3,(H,23,27). The van der Waals surface area contributed by atoms with Crippen molar-refractivity contribution in [2.75, 3.05) is 26.0 Å². The first-order chi connectivity index (χ1) is 14.7. The number of thioether (sulfide) groups is 1. The number of carbonyl (C=O) groups is 1. The Bertz CT molecular complexity index is 932. The summed E-state index contributed by atoms with van der Waals surface area (Å²) in [5.41, 5.74) is 0.893. The minimum Gasteiger partial charge on any atom is -0.497 e. The van der Waals surface area contributed by atoms with Crippen LogP contribution in [-0.2, 0) is 4.79 Å². The Balaban J connectivity index is 1.34. The lowest BCUT2D eigenvalue weighted by atomic mass is 10.3. The van der Waals surface area contributed by atoms with Gasteiger partial charge in [0, 0.05) is 12.2 Å². The Kier molecular flexibility index (Phi) is 8.08. The van der Waals surface area contributed by atoms with E-state index in [1.54, 1.807) is 25.6 Å². The van der Waals surface area contributed by atoms with Gasteiger partial charge in [0.25, 0.3) is 0 Å². The maximum absolute atomic E-state index is 12.8. The minimum atomic E-state index is -0.287. The molecule has 1 heterocycles. The lowest BCUT2D eigenvalue weighted by Crippen LogP contribution is -2.26. The molecule has 3 rings (SSSR count). The van der Waals surface area contributed by atoms with Crippen molar-refractivity contribution in [3.63, 3.8) is 0 Å². The van der Waals surface area contributed by atoms with Crippen LogP contribution in [0.4, 0.5) is 4.39 Å². The van der Waals surface area contributed by atoms with Crippen LogP contribution < -0.4 is 14.8 Å². The molecule has 0 aliphatic carbocycles. The minimum absolute atomic E-state index is 0.0660. The van der Waals surface area contributed by atoms with Crippen molar-refractivity contribution < 1.29 is 18.7 Å². The summed E-state index contributed by atoms with van der Waals surface area (Å²) in [7, 11) is 1.62. The molecule has 0 atom stereocenters. The molecule has 1 N–H and O–H groups in total. The summed E-state index contributed by atoms with van der Waals surface area (Å²) in [5, 5.41) is 11.6. The Hall–Kier alpha value is -3.07. The molecule has 0 aliphatic heterocycles. The molecular weight excluding hydrogens is 407 g/mol. The van der Waals surface area contributed by atoms with E-state index in [-0.39, 0.29) is 17.5 Å². The van der Waals surface area contributed by atoms with E-state index >= 15 is 0 Å². The van der Waals surface area contributed by atoms with Gasteiger partial charge < -0.3 is 14.8 Å². The number of unbranched alkanes of at least 4 members (excludes halogenated alkanes) is 1. The van der Waals surface area contributed by atoms with E-state index < -0.39 is 0 Å². The first kappa shape index (κ1) is 21.6. The number of amides is 1. The first-order valence-corrected chi connectivity index (χ1v) is 10.5. The maximum Gasteiger partial charge on any atom is 0.230 e. The lowest BCUT2D eigenvalue weighted by molar-refractivity contribution is -0.118. The van der Waals surface area contributed by atoms with Crippen molar-refractivity contribution in [3.05, 3.63) is 60.7 Å². The topological polar surface area (TPSA) is 78.3 Å². The smallest absolute Gasteiger partial charge is 0.230 e. The molecule has 1 aromatic heterocycles. The fourth-order valence-electron chi connectivity index (χ4n) is 2.60. The normalized spacial score (nSPS) is 10.6. The Morgan fingerprint density at radius 2 is 1.83 bits per heavy atom. The van der Waals surface area contributed by atoms with Crippen molar-refractivity contribution in [3.8, 4) is 17.2 Å². The van der Waals surface area contributed by atoms with E-state index in [1.807, 2.05) is 28.8 Å². The molecule has 158 valence electrons. The Labute approximate surface area is 178 Å². The third-order valence-electron chi connectivity index (χ3n) is 4.18. The molecule has 0 aliphatic rings. The molecule has 3 aromatic rings. The average molecular weight is 431 g/mol. The molecule has 9 heteroatoms. The zero-order valence-electron chi connectivity index (χ0n) is 16.6. The third-order valence-corrected chi connectivity index (χ3v) is 5.12. The average Bonchev–Trinajstić information content (AvgIpc) is 3.24. The van der Waals surface area contributed by atoms with Gasteiger partial charge in [0.05, 0.1) is 19.5 Å². The Morgan fingerprint density at radius 3 is 2.57 bits per heavy atom. The molecule has 0 unspecified atom stereocenters. The molecule has 0 radical (unpaired) electrons. The summed E-state index contributed by atoms with van der Waals surface area (Å²) >= 11 is 1.32. The van der Waals surface area contributed by atoms with Crippen LogP contribution in [0, 0.1) is 5.82 Å².